The maximum atomic E-state index is 13.9. The number of amides is 2. The Morgan fingerprint density at radius 3 is 2.35 bits per heavy atom. The molecule has 0 bridgehead atoms. The van der Waals surface area contributed by atoms with Crippen molar-refractivity contribution in [3.8, 4) is 5.75 Å². The zero-order valence-electron chi connectivity index (χ0n) is 22.8. The van der Waals surface area contributed by atoms with E-state index in [1.165, 1.54) is 5.56 Å². The second kappa shape index (κ2) is 14.4. The van der Waals surface area contributed by atoms with E-state index in [9.17, 15) is 9.59 Å². The first-order valence-corrected chi connectivity index (χ1v) is 15.3. The van der Waals surface area contributed by atoms with E-state index in [1.54, 1.807) is 17.0 Å². The molecule has 3 aromatic rings. The molecule has 2 amide bonds. The van der Waals surface area contributed by atoms with E-state index in [2.05, 4.69) is 35.1 Å². The minimum atomic E-state index is -0.736. The van der Waals surface area contributed by atoms with Gasteiger partial charge in [-0.3, -0.25) is 9.59 Å². The van der Waals surface area contributed by atoms with E-state index in [4.69, 9.17) is 27.9 Å². The molecule has 1 aliphatic carbocycles. The summed E-state index contributed by atoms with van der Waals surface area (Å²) in [6.45, 7) is 4.21. The third-order valence-electron chi connectivity index (χ3n) is 7.28. The summed E-state index contributed by atoms with van der Waals surface area (Å²) in [7, 11) is 0. The van der Waals surface area contributed by atoms with Crippen LogP contribution in [0.1, 0.15) is 62.1 Å². The number of carbonyl (C=O) groups is 2. The largest absolute Gasteiger partial charge is 0.483 e. The van der Waals surface area contributed by atoms with Crippen LogP contribution in [0.3, 0.4) is 0 Å². The Hall–Kier alpha value is -2.54. The molecule has 0 aliphatic heterocycles. The number of hydrogen-bond acceptors (Lipinski definition) is 3. The molecule has 1 N–H and O–H groups in total. The van der Waals surface area contributed by atoms with Gasteiger partial charge in [-0.2, -0.15) is 0 Å². The molecule has 4 rings (SSSR count). The van der Waals surface area contributed by atoms with E-state index in [-0.39, 0.29) is 31.0 Å². The van der Waals surface area contributed by atoms with Crippen LogP contribution in [0.4, 0.5) is 0 Å². The molecule has 1 saturated carbocycles. The van der Waals surface area contributed by atoms with Gasteiger partial charge in [-0.05, 0) is 75.6 Å². The lowest BCUT2D eigenvalue weighted by atomic mass is 10.0. The number of nitrogens with one attached hydrogen (secondary N) is 1. The summed E-state index contributed by atoms with van der Waals surface area (Å²) < 4.78 is 6.77. The topological polar surface area (TPSA) is 58.6 Å². The van der Waals surface area contributed by atoms with Crippen LogP contribution >= 0.6 is 39.1 Å². The summed E-state index contributed by atoms with van der Waals surface area (Å²) >= 11 is 16.0. The summed E-state index contributed by atoms with van der Waals surface area (Å²) in [4.78, 5) is 29.3. The Bertz CT molecular complexity index is 1310. The van der Waals surface area contributed by atoms with E-state index in [0.717, 1.165) is 41.3 Å². The van der Waals surface area contributed by atoms with Crippen molar-refractivity contribution in [2.24, 2.45) is 0 Å². The lowest BCUT2D eigenvalue weighted by molar-refractivity contribution is -0.143. The molecule has 0 aromatic heterocycles. The molecule has 1 unspecified atom stereocenters. The maximum Gasteiger partial charge on any atom is 0.261 e. The van der Waals surface area contributed by atoms with Crippen molar-refractivity contribution in [2.45, 2.75) is 70.5 Å². The van der Waals surface area contributed by atoms with Crippen LogP contribution in [0.15, 0.2) is 71.2 Å². The van der Waals surface area contributed by atoms with Gasteiger partial charge < -0.3 is 15.0 Å². The van der Waals surface area contributed by atoms with Crippen molar-refractivity contribution in [3.63, 3.8) is 0 Å². The molecule has 40 heavy (non-hydrogen) atoms. The van der Waals surface area contributed by atoms with Crippen LogP contribution in [0.5, 0.6) is 5.75 Å². The van der Waals surface area contributed by atoms with Crippen LogP contribution in [0.2, 0.25) is 10.0 Å². The van der Waals surface area contributed by atoms with Crippen molar-refractivity contribution >= 4 is 50.9 Å². The highest BCUT2D eigenvalue weighted by molar-refractivity contribution is 9.10. The molecule has 1 aliphatic rings. The molecule has 1 fully saturated rings. The smallest absolute Gasteiger partial charge is 0.261 e. The van der Waals surface area contributed by atoms with Gasteiger partial charge in [-0.15, -0.1) is 0 Å². The minimum Gasteiger partial charge on any atom is -0.483 e. The predicted molar refractivity (Wildman–Crippen MR) is 165 cm³/mol. The summed E-state index contributed by atoms with van der Waals surface area (Å²) in [5.41, 5.74) is 2.91. The number of benzene rings is 3. The first-order chi connectivity index (χ1) is 19.2. The van der Waals surface area contributed by atoms with Gasteiger partial charge in [-0.1, -0.05) is 92.4 Å². The third kappa shape index (κ3) is 8.25. The highest BCUT2D eigenvalue weighted by Crippen LogP contribution is 2.29. The molecule has 212 valence electrons. The summed E-state index contributed by atoms with van der Waals surface area (Å²) in [5, 5.41) is 4.04. The fraction of sp³-hybridized carbons (Fsp3) is 0.375. The lowest BCUT2D eigenvalue weighted by Crippen LogP contribution is -2.53. The fourth-order valence-electron chi connectivity index (χ4n) is 4.97. The van der Waals surface area contributed by atoms with Gasteiger partial charge in [0, 0.05) is 19.0 Å². The van der Waals surface area contributed by atoms with Crippen molar-refractivity contribution in [3.05, 3.63) is 97.9 Å². The summed E-state index contributed by atoms with van der Waals surface area (Å²) in [5.74, 6) is 0.480. The minimum absolute atomic E-state index is 0.124. The third-order valence-corrected chi connectivity index (χ3v) is 8.64. The van der Waals surface area contributed by atoms with Crippen LogP contribution < -0.4 is 10.1 Å². The zero-order chi connectivity index (χ0) is 28.6. The first kappa shape index (κ1) is 30.4. The standard InChI is InChI=1S/C32H35BrCl2N2O3/c1-21(2)24-13-15-30(26(33)18-24)40-20-31(38)37(19-23-12-14-27(34)28(35)16-23)29(17-22-8-4-3-5-9-22)32(39)36-25-10-6-7-11-25/h3-5,8-9,12-16,18,21,25,29H,6-7,10-11,17,19-20H2,1-2H3,(H,36,39). The summed E-state index contributed by atoms with van der Waals surface area (Å²) in [6, 6.07) is 20.3. The highest BCUT2D eigenvalue weighted by atomic mass is 79.9. The Labute approximate surface area is 255 Å². The average Bonchev–Trinajstić information content (AvgIpc) is 3.45. The highest BCUT2D eigenvalue weighted by Gasteiger charge is 2.32. The van der Waals surface area contributed by atoms with Crippen LogP contribution in [-0.2, 0) is 22.6 Å². The Morgan fingerprint density at radius 1 is 0.975 bits per heavy atom. The van der Waals surface area contributed by atoms with Crippen LogP contribution in [0.25, 0.3) is 0 Å². The number of nitrogens with zero attached hydrogens (tertiary/aromatic N) is 1. The molecular formula is C32H35BrCl2N2O3. The molecule has 8 heteroatoms. The fourth-order valence-corrected chi connectivity index (χ4v) is 5.80. The monoisotopic (exact) mass is 644 g/mol. The van der Waals surface area contributed by atoms with Gasteiger partial charge in [0.15, 0.2) is 6.61 Å². The maximum absolute atomic E-state index is 13.9. The second-order valence-corrected chi connectivity index (χ2v) is 12.3. The molecule has 0 saturated heterocycles. The van der Waals surface area contributed by atoms with Gasteiger partial charge in [-0.25, -0.2) is 0 Å². The normalized spacial score (nSPS) is 14.2. The van der Waals surface area contributed by atoms with Gasteiger partial charge in [0.25, 0.3) is 5.91 Å². The molecular weight excluding hydrogens is 611 g/mol. The number of ether oxygens (including phenoxy) is 1. The van der Waals surface area contributed by atoms with Gasteiger partial charge in [0.2, 0.25) is 5.91 Å². The molecule has 5 nitrogen and oxygen atoms in total. The van der Waals surface area contributed by atoms with Crippen molar-refractivity contribution in [1.29, 1.82) is 0 Å². The predicted octanol–water partition coefficient (Wildman–Crippen LogP) is 7.96. The van der Waals surface area contributed by atoms with Crippen LogP contribution in [0, 0.1) is 0 Å². The Balaban J connectivity index is 1.62. The van der Waals surface area contributed by atoms with E-state index < -0.39 is 6.04 Å². The second-order valence-electron chi connectivity index (χ2n) is 10.6. The summed E-state index contributed by atoms with van der Waals surface area (Å²) in [6.07, 6.45) is 4.47. The molecule has 1 atom stereocenters. The molecule has 0 spiro atoms. The van der Waals surface area contributed by atoms with E-state index >= 15 is 0 Å². The van der Waals surface area contributed by atoms with Crippen molar-refractivity contribution in [1.82, 2.24) is 10.2 Å². The Morgan fingerprint density at radius 2 is 1.70 bits per heavy atom. The van der Waals surface area contributed by atoms with Crippen molar-refractivity contribution < 1.29 is 14.3 Å². The number of halogens is 3. The van der Waals surface area contributed by atoms with Crippen LogP contribution in [-0.4, -0.2) is 35.4 Å². The average molecular weight is 646 g/mol. The number of carbonyl (C=O) groups excluding carboxylic acids is 2. The quantitative estimate of drug-likeness (QED) is 0.230. The Kier molecular flexibility index (Phi) is 10.9. The first-order valence-electron chi connectivity index (χ1n) is 13.7. The van der Waals surface area contributed by atoms with Gasteiger partial charge >= 0.3 is 0 Å². The van der Waals surface area contributed by atoms with E-state index in [0.29, 0.717) is 28.1 Å². The van der Waals surface area contributed by atoms with Gasteiger partial charge in [0.05, 0.1) is 14.5 Å². The van der Waals surface area contributed by atoms with Gasteiger partial charge in [0.1, 0.15) is 11.8 Å². The van der Waals surface area contributed by atoms with E-state index in [1.807, 2.05) is 54.6 Å². The molecule has 0 radical (unpaired) electrons. The lowest BCUT2D eigenvalue weighted by Gasteiger charge is -2.32. The number of rotatable bonds is 11. The SMILES string of the molecule is CC(C)c1ccc(OCC(=O)N(Cc2ccc(Cl)c(Cl)c2)C(Cc2ccccc2)C(=O)NC2CCCC2)c(Br)c1. The van der Waals surface area contributed by atoms with Crippen molar-refractivity contribution in [2.75, 3.05) is 6.61 Å². The molecule has 0 heterocycles. The number of hydrogen-bond donors (Lipinski definition) is 1. The zero-order valence-corrected chi connectivity index (χ0v) is 25.9. The molecule has 3 aromatic carbocycles.